The van der Waals surface area contributed by atoms with Gasteiger partial charge in [-0.1, -0.05) is 6.92 Å². The molecule has 0 spiro atoms. The van der Waals surface area contributed by atoms with Crippen molar-refractivity contribution in [3.8, 4) is 11.5 Å². The molecule has 0 saturated heterocycles. The Hall–Kier alpha value is -1.56. The molecule has 0 radical (unpaired) electrons. The maximum Gasteiger partial charge on any atom is 0.123 e. The highest BCUT2D eigenvalue weighted by atomic mass is 32.1. The Morgan fingerprint density at radius 3 is 2.48 bits per heavy atom. The van der Waals surface area contributed by atoms with Crippen LogP contribution in [0.25, 0.3) is 0 Å². The summed E-state index contributed by atoms with van der Waals surface area (Å²) in [7, 11) is 3.32. The molecule has 5 heteroatoms. The van der Waals surface area contributed by atoms with Gasteiger partial charge in [0.15, 0.2) is 0 Å². The van der Waals surface area contributed by atoms with Gasteiger partial charge in [-0.2, -0.15) is 0 Å². The van der Waals surface area contributed by atoms with Gasteiger partial charge >= 0.3 is 0 Å². The molecular formula is C16H22N2O2S. The molecule has 1 unspecified atom stereocenters. The summed E-state index contributed by atoms with van der Waals surface area (Å²) in [6.45, 7) is 2.17. The van der Waals surface area contributed by atoms with Crippen LogP contribution >= 0.6 is 11.3 Å². The Balaban J connectivity index is 2.27. The summed E-state index contributed by atoms with van der Waals surface area (Å²) in [5.74, 6) is 7.37. The molecule has 0 aliphatic rings. The van der Waals surface area contributed by atoms with Crippen LogP contribution in [0.15, 0.2) is 30.3 Å². The maximum atomic E-state index is 5.77. The van der Waals surface area contributed by atoms with Crippen molar-refractivity contribution in [2.24, 2.45) is 5.84 Å². The van der Waals surface area contributed by atoms with Crippen LogP contribution in [0.3, 0.4) is 0 Å². The summed E-state index contributed by atoms with van der Waals surface area (Å²) >= 11 is 1.83. The largest absolute Gasteiger partial charge is 0.497 e. The van der Waals surface area contributed by atoms with E-state index in [-0.39, 0.29) is 6.04 Å². The van der Waals surface area contributed by atoms with E-state index < -0.39 is 0 Å². The second-order valence-electron chi connectivity index (χ2n) is 4.75. The summed E-state index contributed by atoms with van der Waals surface area (Å²) in [5, 5.41) is 0. The number of methoxy groups -OCH3 is 2. The van der Waals surface area contributed by atoms with Crippen LogP contribution in [-0.2, 0) is 12.8 Å². The van der Waals surface area contributed by atoms with Gasteiger partial charge in [-0.15, -0.1) is 11.3 Å². The monoisotopic (exact) mass is 306 g/mol. The first-order valence-corrected chi connectivity index (χ1v) is 7.79. The predicted octanol–water partition coefficient (Wildman–Crippen LogP) is 3.07. The van der Waals surface area contributed by atoms with Crippen LogP contribution in [-0.4, -0.2) is 14.2 Å². The summed E-state index contributed by atoms with van der Waals surface area (Å²) in [4.78, 5) is 2.69. The van der Waals surface area contributed by atoms with Crippen LogP contribution in [0.1, 0.15) is 28.3 Å². The van der Waals surface area contributed by atoms with Gasteiger partial charge in [0.05, 0.1) is 20.3 Å². The van der Waals surface area contributed by atoms with Gasteiger partial charge in [-0.25, -0.2) is 0 Å². The third-order valence-corrected chi connectivity index (χ3v) is 4.74. The third-order valence-electron chi connectivity index (χ3n) is 3.48. The third kappa shape index (κ3) is 3.75. The van der Waals surface area contributed by atoms with E-state index in [1.807, 2.05) is 29.5 Å². The zero-order valence-corrected chi connectivity index (χ0v) is 13.5. The van der Waals surface area contributed by atoms with E-state index >= 15 is 0 Å². The van der Waals surface area contributed by atoms with E-state index in [4.69, 9.17) is 15.3 Å². The Labute approximate surface area is 129 Å². The van der Waals surface area contributed by atoms with Crippen molar-refractivity contribution in [3.05, 3.63) is 45.6 Å². The maximum absolute atomic E-state index is 5.77. The Morgan fingerprint density at radius 2 is 1.90 bits per heavy atom. The lowest BCUT2D eigenvalue weighted by molar-refractivity contribution is 0.389. The van der Waals surface area contributed by atoms with Crippen molar-refractivity contribution in [1.82, 2.24) is 5.43 Å². The fourth-order valence-electron chi connectivity index (χ4n) is 2.29. The molecular weight excluding hydrogens is 284 g/mol. The highest BCUT2D eigenvalue weighted by molar-refractivity contribution is 7.11. The fraction of sp³-hybridized carbons (Fsp3) is 0.375. The molecule has 2 aromatic rings. The van der Waals surface area contributed by atoms with Crippen LogP contribution in [0.5, 0.6) is 11.5 Å². The number of nitrogens with one attached hydrogen (secondary N) is 1. The van der Waals surface area contributed by atoms with Crippen LogP contribution in [0, 0.1) is 0 Å². The van der Waals surface area contributed by atoms with Crippen LogP contribution < -0.4 is 20.7 Å². The fourth-order valence-corrected chi connectivity index (χ4v) is 3.30. The molecule has 1 aromatic carbocycles. The van der Waals surface area contributed by atoms with Crippen molar-refractivity contribution < 1.29 is 9.47 Å². The molecule has 1 heterocycles. The van der Waals surface area contributed by atoms with E-state index in [1.165, 1.54) is 9.75 Å². The topological polar surface area (TPSA) is 56.5 Å². The Morgan fingerprint density at radius 1 is 1.14 bits per heavy atom. The van der Waals surface area contributed by atoms with Crippen LogP contribution in [0.4, 0.5) is 0 Å². The summed E-state index contributed by atoms with van der Waals surface area (Å²) in [5.41, 5.74) is 3.90. The minimum absolute atomic E-state index is 0.0154. The highest BCUT2D eigenvalue weighted by Crippen LogP contribution is 2.32. The minimum atomic E-state index is -0.0154. The van der Waals surface area contributed by atoms with E-state index in [2.05, 4.69) is 24.5 Å². The van der Waals surface area contributed by atoms with Gasteiger partial charge in [0.2, 0.25) is 0 Å². The number of hydrazine groups is 1. The molecule has 0 bridgehead atoms. The van der Waals surface area contributed by atoms with Gasteiger partial charge in [-0.05, 0) is 36.8 Å². The number of aryl methyl sites for hydroxylation is 1. The van der Waals surface area contributed by atoms with Crippen molar-refractivity contribution in [3.63, 3.8) is 0 Å². The molecule has 0 amide bonds. The molecule has 21 heavy (non-hydrogen) atoms. The van der Waals surface area contributed by atoms with E-state index in [9.17, 15) is 0 Å². The van der Waals surface area contributed by atoms with Crippen molar-refractivity contribution in [2.45, 2.75) is 25.8 Å². The lowest BCUT2D eigenvalue weighted by atomic mass is 10.0. The van der Waals surface area contributed by atoms with Gasteiger partial charge in [0, 0.05) is 21.7 Å². The number of ether oxygens (including phenoxy) is 2. The van der Waals surface area contributed by atoms with E-state index in [0.29, 0.717) is 0 Å². The van der Waals surface area contributed by atoms with Crippen molar-refractivity contribution in [2.75, 3.05) is 14.2 Å². The number of benzene rings is 1. The van der Waals surface area contributed by atoms with Gasteiger partial charge in [0.25, 0.3) is 0 Å². The summed E-state index contributed by atoms with van der Waals surface area (Å²) in [6.07, 6.45) is 1.89. The minimum Gasteiger partial charge on any atom is -0.497 e. The summed E-state index contributed by atoms with van der Waals surface area (Å²) in [6, 6.07) is 10.1. The Bertz CT molecular complexity index is 583. The number of nitrogens with two attached hydrogens (primary N) is 1. The normalized spacial score (nSPS) is 12.2. The van der Waals surface area contributed by atoms with Gasteiger partial charge < -0.3 is 9.47 Å². The highest BCUT2D eigenvalue weighted by Gasteiger charge is 2.17. The average Bonchev–Trinajstić information content (AvgIpc) is 2.99. The molecule has 4 nitrogen and oxygen atoms in total. The second-order valence-corrected chi connectivity index (χ2v) is 6.01. The molecule has 1 atom stereocenters. The first-order chi connectivity index (χ1) is 10.2. The van der Waals surface area contributed by atoms with Crippen LogP contribution in [0.2, 0.25) is 0 Å². The second kappa shape index (κ2) is 7.45. The zero-order valence-electron chi connectivity index (χ0n) is 12.7. The zero-order chi connectivity index (χ0) is 15.2. The molecule has 114 valence electrons. The molecule has 1 aromatic heterocycles. The van der Waals surface area contributed by atoms with Gasteiger partial charge in [0.1, 0.15) is 11.5 Å². The number of rotatable bonds is 7. The first kappa shape index (κ1) is 15.8. The van der Waals surface area contributed by atoms with E-state index in [1.54, 1.807) is 14.2 Å². The van der Waals surface area contributed by atoms with Crippen molar-refractivity contribution >= 4 is 11.3 Å². The number of hydrogen-bond donors (Lipinski definition) is 2. The molecule has 0 aliphatic carbocycles. The lowest BCUT2D eigenvalue weighted by Gasteiger charge is -2.19. The van der Waals surface area contributed by atoms with Gasteiger partial charge in [-0.3, -0.25) is 11.3 Å². The predicted molar refractivity (Wildman–Crippen MR) is 87.0 cm³/mol. The SMILES string of the molecule is CCc1ccc(CC(NN)c2cc(OC)ccc2OC)s1. The number of hydrogen-bond acceptors (Lipinski definition) is 5. The standard InChI is InChI=1S/C16H22N2O2S/c1-4-12-6-7-13(21-12)10-15(18-17)14-9-11(19-2)5-8-16(14)20-3/h5-9,15,18H,4,10,17H2,1-3H3. The summed E-state index contributed by atoms with van der Waals surface area (Å²) < 4.78 is 10.7. The first-order valence-electron chi connectivity index (χ1n) is 6.97. The molecule has 0 aliphatic heterocycles. The van der Waals surface area contributed by atoms with E-state index in [0.717, 1.165) is 29.9 Å². The molecule has 3 N–H and O–H groups in total. The van der Waals surface area contributed by atoms with Crippen molar-refractivity contribution in [1.29, 1.82) is 0 Å². The molecule has 0 fully saturated rings. The average molecular weight is 306 g/mol. The molecule has 2 rings (SSSR count). The lowest BCUT2D eigenvalue weighted by Crippen LogP contribution is -2.29. The quantitative estimate of drug-likeness (QED) is 0.610. The smallest absolute Gasteiger partial charge is 0.123 e. The number of thiophene rings is 1. The molecule has 0 saturated carbocycles. The Kier molecular flexibility index (Phi) is 5.61.